The summed E-state index contributed by atoms with van der Waals surface area (Å²) in [6, 6.07) is 13.1. The van der Waals surface area contributed by atoms with Gasteiger partial charge in [-0.3, -0.25) is 0 Å². The van der Waals surface area contributed by atoms with Crippen LogP contribution in [0.3, 0.4) is 0 Å². The van der Waals surface area contributed by atoms with Gasteiger partial charge in [0.1, 0.15) is 22.2 Å². The van der Waals surface area contributed by atoms with Gasteiger partial charge in [0.2, 0.25) is 0 Å². The van der Waals surface area contributed by atoms with Crippen molar-refractivity contribution in [3.05, 3.63) is 46.5 Å². The number of benzene rings is 1. The Morgan fingerprint density at radius 3 is 2.29 bits per heavy atom. The second kappa shape index (κ2) is 6.70. The first-order chi connectivity index (χ1) is 8.22. The van der Waals surface area contributed by atoms with Crippen molar-refractivity contribution in [1.82, 2.24) is 5.32 Å². The fourth-order valence-corrected chi connectivity index (χ4v) is 1.91. The Labute approximate surface area is 110 Å². The molecule has 0 atom stereocenters. The predicted molar refractivity (Wildman–Crippen MR) is 73.0 cm³/mol. The normalized spacial score (nSPS) is 8.65. The largest absolute Gasteiger partial charge is 0.339 e. The molecular formula is C12H9N3S2. The summed E-state index contributed by atoms with van der Waals surface area (Å²) < 4.78 is 0. The van der Waals surface area contributed by atoms with Gasteiger partial charge >= 0.3 is 0 Å². The third kappa shape index (κ3) is 3.60. The lowest BCUT2D eigenvalue weighted by atomic mass is 10.2. The lowest BCUT2D eigenvalue weighted by molar-refractivity contribution is 1.25. The van der Waals surface area contributed by atoms with Gasteiger partial charge in [-0.25, -0.2) is 0 Å². The molecule has 3 nitrogen and oxygen atoms in total. The van der Waals surface area contributed by atoms with Crippen LogP contribution in [0.1, 0.15) is 5.56 Å². The molecule has 0 heterocycles. The molecule has 0 saturated carbocycles. The van der Waals surface area contributed by atoms with Gasteiger partial charge in [-0.05, 0) is 6.26 Å². The van der Waals surface area contributed by atoms with E-state index in [0.29, 0.717) is 10.0 Å². The van der Waals surface area contributed by atoms with E-state index in [1.54, 1.807) is 6.26 Å². The van der Waals surface area contributed by atoms with Gasteiger partial charge in [-0.1, -0.05) is 42.5 Å². The molecule has 1 aromatic carbocycles. The van der Waals surface area contributed by atoms with Crippen LogP contribution >= 0.6 is 24.0 Å². The smallest absolute Gasteiger partial charge is 0.159 e. The molecule has 0 radical (unpaired) electrons. The summed E-state index contributed by atoms with van der Waals surface area (Å²) in [4.78, 5) is 0.498. The highest BCUT2D eigenvalue weighted by atomic mass is 32.2. The van der Waals surface area contributed by atoms with Crippen LogP contribution in [-0.2, 0) is 0 Å². The Kier molecular flexibility index (Phi) is 5.22. The number of allylic oxidation sites excluding steroid dienone is 1. The van der Waals surface area contributed by atoms with E-state index in [4.69, 9.17) is 22.7 Å². The lowest BCUT2D eigenvalue weighted by Crippen LogP contribution is -2.21. The average molecular weight is 259 g/mol. The molecule has 0 saturated heterocycles. The van der Waals surface area contributed by atoms with Gasteiger partial charge in [-0.2, -0.15) is 10.5 Å². The Hall–Kier alpha value is -1.82. The molecule has 1 aromatic rings. The van der Waals surface area contributed by atoms with E-state index in [2.05, 4.69) is 5.32 Å². The Morgan fingerprint density at radius 2 is 1.82 bits per heavy atom. The van der Waals surface area contributed by atoms with Crippen molar-refractivity contribution >= 4 is 29.0 Å². The molecule has 0 aromatic heterocycles. The van der Waals surface area contributed by atoms with E-state index in [9.17, 15) is 0 Å². The van der Waals surface area contributed by atoms with Crippen LogP contribution in [-0.4, -0.2) is 11.2 Å². The highest BCUT2D eigenvalue weighted by Crippen LogP contribution is 2.14. The van der Waals surface area contributed by atoms with Crippen molar-refractivity contribution in [3.8, 4) is 12.1 Å². The van der Waals surface area contributed by atoms with Crippen LogP contribution in [0.15, 0.2) is 40.9 Å². The minimum absolute atomic E-state index is 0.0378. The summed E-state index contributed by atoms with van der Waals surface area (Å²) in [6.07, 6.45) is 1.78. The molecular weight excluding hydrogens is 250 g/mol. The van der Waals surface area contributed by atoms with Crippen molar-refractivity contribution in [2.24, 2.45) is 0 Å². The second-order valence-electron chi connectivity index (χ2n) is 2.95. The highest BCUT2D eigenvalue weighted by molar-refractivity contribution is 8.02. The first kappa shape index (κ1) is 13.2. The molecule has 0 bridgehead atoms. The molecule has 0 aliphatic rings. The molecule has 84 valence electrons. The fourth-order valence-electron chi connectivity index (χ4n) is 1.11. The van der Waals surface area contributed by atoms with E-state index < -0.39 is 0 Å². The third-order valence-corrected chi connectivity index (χ3v) is 2.97. The average Bonchev–Trinajstić information content (AvgIpc) is 2.39. The monoisotopic (exact) mass is 259 g/mol. The Balaban J connectivity index is 2.93. The summed E-state index contributed by atoms with van der Waals surface area (Å²) in [5.74, 6) is 0. The number of nitriles is 2. The molecule has 1 N–H and O–H groups in total. The van der Waals surface area contributed by atoms with E-state index in [-0.39, 0.29) is 5.57 Å². The minimum atomic E-state index is 0.0378. The predicted octanol–water partition coefficient (Wildman–Crippen LogP) is 2.57. The first-order valence-corrected chi connectivity index (χ1v) is 6.31. The number of thioether (sulfide) groups is 1. The topological polar surface area (TPSA) is 59.6 Å². The van der Waals surface area contributed by atoms with Crippen molar-refractivity contribution in [2.45, 2.75) is 0 Å². The molecule has 0 unspecified atom stereocenters. The summed E-state index contributed by atoms with van der Waals surface area (Å²) in [5.41, 5.74) is 0.889. The van der Waals surface area contributed by atoms with E-state index >= 15 is 0 Å². The number of thiocarbonyl (C=S) groups is 1. The Morgan fingerprint density at radius 1 is 1.24 bits per heavy atom. The van der Waals surface area contributed by atoms with Crippen molar-refractivity contribution < 1.29 is 0 Å². The molecule has 1 rings (SSSR count). The van der Waals surface area contributed by atoms with Gasteiger partial charge in [0.25, 0.3) is 0 Å². The number of hydrogen-bond donors (Lipinski definition) is 1. The number of nitrogens with one attached hydrogen (secondary N) is 1. The summed E-state index contributed by atoms with van der Waals surface area (Å²) in [7, 11) is 0. The zero-order valence-corrected chi connectivity index (χ0v) is 10.7. The minimum Gasteiger partial charge on any atom is -0.339 e. The molecule has 5 heteroatoms. The van der Waals surface area contributed by atoms with Crippen LogP contribution in [0.2, 0.25) is 0 Å². The quantitative estimate of drug-likeness (QED) is 0.668. The van der Waals surface area contributed by atoms with Gasteiger partial charge in [0, 0.05) is 5.56 Å². The van der Waals surface area contributed by atoms with Gasteiger partial charge < -0.3 is 5.32 Å². The molecule has 17 heavy (non-hydrogen) atoms. The standard InChI is InChI=1S/C12H9N3S2/c1-17-12(10(7-13)8-14)15-11(16)9-5-3-2-4-6-9/h2-6H,1H3,(H,15,16). The van der Waals surface area contributed by atoms with Crippen molar-refractivity contribution in [1.29, 1.82) is 10.5 Å². The number of hydrogen-bond acceptors (Lipinski definition) is 4. The molecule has 0 amide bonds. The summed E-state index contributed by atoms with van der Waals surface area (Å²) in [5, 5.41) is 21.0. The third-order valence-electron chi connectivity index (χ3n) is 1.92. The van der Waals surface area contributed by atoms with Crippen molar-refractivity contribution in [3.63, 3.8) is 0 Å². The van der Waals surface area contributed by atoms with Gasteiger partial charge in [-0.15, -0.1) is 11.8 Å². The molecule has 0 aliphatic heterocycles. The van der Waals surface area contributed by atoms with Gasteiger partial charge in [0.15, 0.2) is 5.57 Å². The van der Waals surface area contributed by atoms with Crippen LogP contribution < -0.4 is 5.32 Å². The Bertz CT molecular complexity index is 505. The SMILES string of the molecule is CSC(NC(=S)c1ccccc1)=C(C#N)C#N. The zero-order chi connectivity index (χ0) is 12.7. The maximum absolute atomic E-state index is 8.78. The lowest BCUT2D eigenvalue weighted by Gasteiger charge is -2.09. The number of nitrogens with zero attached hydrogens (tertiary/aromatic N) is 2. The number of rotatable bonds is 3. The van der Waals surface area contributed by atoms with E-state index in [1.807, 2.05) is 42.5 Å². The molecule has 0 aliphatic carbocycles. The van der Waals surface area contributed by atoms with Crippen LogP contribution in [0.5, 0.6) is 0 Å². The van der Waals surface area contributed by atoms with Gasteiger partial charge in [0.05, 0.1) is 0 Å². The van der Waals surface area contributed by atoms with E-state index in [0.717, 1.165) is 5.56 Å². The molecule has 0 fully saturated rings. The van der Waals surface area contributed by atoms with Crippen LogP contribution in [0, 0.1) is 22.7 Å². The summed E-state index contributed by atoms with van der Waals surface area (Å²) in [6.45, 7) is 0. The first-order valence-electron chi connectivity index (χ1n) is 4.67. The van der Waals surface area contributed by atoms with Crippen LogP contribution in [0.25, 0.3) is 0 Å². The fraction of sp³-hybridized carbons (Fsp3) is 0.0833. The van der Waals surface area contributed by atoms with Crippen LogP contribution in [0.4, 0.5) is 0 Å². The van der Waals surface area contributed by atoms with Crippen molar-refractivity contribution in [2.75, 3.05) is 6.26 Å². The second-order valence-corrected chi connectivity index (χ2v) is 4.18. The van der Waals surface area contributed by atoms with E-state index in [1.165, 1.54) is 11.8 Å². The maximum Gasteiger partial charge on any atom is 0.159 e. The maximum atomic E-state index is 8.78. The zero-order valence-electron chi connectivity index (χ0n) is 9.10. The highest BCUT2D eigenvalue weighted by Gasteiger charge is 2.08. The summed E-state index contributed by atoms with van der Waals surface area (Å²) >= 11 is 6.49. The molecule has 0 spiro atoms.